The molecule has 2 amide bonds. The van der Waals surface area contributed by atoms with Crippen molar-refractivity contribution in [3.05, 3.63) is 30.0 Å². The van der Waals surface area contributed by atoms with E-state index in [1.165, 1.54) is 20.2 Å². The van der Waals surface area contributed by atoms with E-state index in [-0.39, 0.29) is 207 Å². The van der Waals surface area contributed by atoms with Crippen LogP contribution in [0.4, 0.5) is 5.82 Å². The summed E-state index contributed by atoms with van der Waals surface area (Å²) in [5.41, 5.74) is 9.48. The first-order valence-corrected chi connectivity index (χ1v) is 31.0. The van der Waals surface area contributed by atoms with Crippen LogP contribution in [0.3, 0.4) is 0 Å². The molecule has 0 spiro atoms. The second-order valence-electron chi connectivity index (χ2n) is 22.2. The van der Waals surface area contributed by atoms with E-state index >= 15 is 0 Å². The molecule has 92 heavy (non-hydrogen) atoms. The summed E-state index contributed by atoms with van der Waals surface area (Å²) in [6.07, 6.45) is -3.82. The van der Waals surface area contributed by atoms with Crippen LogP contribution in [0.5, 0.6) is 0 Å². The number of rotatable bonds is 49. The average molecular weight is 1320 g/mol. The molecule has 6 heterocycles. The molecular formula is C55H95N13O24. The second-order valence-corrected chi connectivity index (χ2v) is 22.2. The fourth-order valence-electron chi connectivity index (χ4n) is 9.82. The minimum absolute atomic E-state index is 0.0170. The predicted octanol–water partition coefficient (Wildman–Crippen LogP) is -6.08. The Kier molecular flexibility index (Phi) is 35.0. The molecule has 6 rings (SSSR count). The van der Waals surface area contributed by atoms with E-state index in [0.717, 1.165) is 0 Å². The number of aliphatic hydroxyl groups is 9. The Balaban J connectivity index is 0.795. The summed E-state index contributed by atoms with van der Waals surface area (Å²) in [6.45, 7) is 3.40. The van der Waals surface area contributed by atoms with Gasteiger partial charge in [0, 0.05) is 50.9 Å². The van der Waals surface area contributed by atoms with Gasteiger partial charge in [-0.3, -0.25) is 19.2 Å². The number of hydrogen-bond donors (Lipinski definition) is 13. The third-order valence-electron chi connectivity index (χ3n) is 15.4. The Bertz CT molecular complexity index is 2250. The number of carbonyl (C=O) groups excluding carboxylic acids is 3. The van der Waals surface area contributed by atoms with Crippen LogP contribution >= 0.6 is 0 Å². The summed E-state index contributed by atoms with van der Waals surface area (Å²) in [5, 5.41) is 119. The van der Waals surface area contributed by atoms with Crippen molar-refractivity contribution in [3.8, 4) is 0 Å². The Labute approximate surface area is 531 Å². The highest BCUT2D eigenvalue weighted by molar-refractivity contribution is 5.79. The van der Waals surface area contributed by atoms with Crippen molar-refractivity contribution in [2.24, 2.45) is 5.73 Å². The van der Waals surface area contributed by atoms with Gasteiger partial charge in [0.1, 0.15) is 90.2 Å². The molecule has 37 nitrogen and oxygen atoms in total. The molecule has 0 saturated carbocycles. The molecule has 12 atom stereocenters. The molecular weight excluding hydrogens is 1230 g/mol. The van der Waals surface area contributed by atoms with E-state index in [1.807, 2.05) is 0 Å². The molecule has 3 aromatic heterocycles. The summed E-state index contributed by atoms with van der Waals surface area (Å²) in [7, 11) is 0. The molecule has 0 unspecified atom stereocenters. The number of aromatic nitrogens is 9. The van der Waals surface area contributed by atoms with Gasteiger partial charge in [0.25, 0.3) is 0 Å². The highest BCUT2D eigenvalue weighted by Gasteiger charge is 2.42. The van der Waals surface area contributed by atoms with E-state index in [4.69, 9.17) is 62.7 Å². The molecule has 3 fully saturated rings. The number of Topliss-reactive ketones (excluding diaryl/α,β-unsaturated/α-hetero) is 1. The van der Waals surface area contributed by atoms with E-state index in [0.29, 0.717) is 24.4 Å². The Morgan fingerprint density at radius 3 is 1.28 bits per heavy atom. The summed E-state index contributed by atoms with van der Waals surface area (Å²) >= 11 is 0. The van der Waals surface area contributed by atoms with Crippen LogP contribution in [0.2, 0.25) is 0 Å². The number of amides is 2. The summed E-state index contributed by atoms with van der Waals surface area (Å²) in [6, 6.07) is -2.06. The number of aliphatic hydroxyl groups excluding tert-OH is 9. The maximum Gasteiger partial charge on any atom is 0.220 e. The predicted molar refractivity (Wildman–Crippen MR) is 312 cm³/mol. The van der Waals surface area contributed by atoms with Crippen molar-refractivity contribution in [1.29, 1.82) is 0 Å². The maximum absolute atomic E-state index is 13.1. The Hall–Kier alpha value is -5.05. The lowest BCUT2D eigenvalue weighted by molar-refractivity contribution is -0.171. The van der Waals surface area contributed by atoms with Gasteiger partial charge in [0.15, 0.2) is 5.82 Å². The first kappa shape index (κ1) is 76.0. The number of anilines is 1. The maximum atomic E-state index is 13.1. The fraction of sp³-hybridized carbons (Fsp3) is 0.836. The number of nitrogens with one attached hydrogen (secondary N) is 3. The summed E-state index contributed by atoms with van der Waals surface area (Å²) in [4.78, 5) is 44.3. The number of nitrogens with two attached hydrogens (primary N) is 1. The van der Waals surface area contributed by atoms with Gasteiger partial charge in [0.2, 0.25) is 11.8 Å². The van der Waals surface area contributed by atoms with Gasteiger partial charge in [-0.15, -0.1) is 15.3 Å². The van der Waals surface area contributed by atoms with Gasteiger partial charge in [-0.1, -0.05) is 15.6 Å². The molecule has 524 valence electrons. The SMILES string of the molecule is NC(CCC(=O)CCCOCCOCCONc1cn([C@H]2CO[C@H](CO)[C@H](O)[C@@H]2O)nn1)(CCC(=O)NCCOCCOCCOCc1cn([C@H]2CO[C@H](CO)[C@H](O)[C@@H]2O)nn1)CCC(=O)NCCOCCOCCOCc1cn([C@H]2CO[C@H](CO)[C@H](O)[C@@H]2O)nn1. The van der Waals surface area contributed by atoms with Crippen LogP contribution in [-0.4, -0.2) is 321 Å². The van der Waals surface area contributed by atoms with Crippen molar-refractivity contribution >= 4 is 23.4 Å². The van der Waals surface area contributed by atoms with Crippen LogP contribution in [0.15, 0.2) is 18.6 Å². The van der Waals surface area contributed by atoms with Crippen molar-refractivity contribution in [2.75, 3.05) is 157 Å². The van der Waals surface area contributed by atoms with E-state index in [9.17, 15) is 60.3 Å². The zero-order valence-electron chi connectivity index (χ0n) is 51.7. The highest BCUT2D eigenvalue weighted by atomic mass is 16.7. The van der Waals surface area contributed by atoms with Gasteiger partial charge >= 0.3 is 0 Å². The van der Waals surface area contributed by atoms with Crippen LogP contribution in [0.25, 0.3) is 0 Å². The van der Waals surface area contributed by atoms with Crippen molar-refractivity contribution < 1.29 is 117 Å². The lowest BCUT2D eigenvalue weighted by atomic mass is 9.83. The first-order chi connectivity index (χ1) is 44.6. The van der Waals surface area contributed by atoms with Crippen LogP contribution in [0.1, 0.15) is 80.9 Å². The first-order valence-electron chi connectivity index (χ1n) is 31.0. The molecule has 14 N–H and O–H groups in total. The van der Waals surface area contributed by atoms with E-state index < -0.39 is 98.4 Å². The quantitative estimate of drug-likeness (QED) is 0.0185. The molecule has 0 aliphatic carbocycles. The van der Waals surface area contributed by atoms with Crippen LogP contribution < -0.4 is 21.8 Å². The second kappa shape index (κ2) is 42.4. The Morgan fingerprint density at radius 2 is 0.848 bits per heavy atom. The molecule has 3 aliphatic rings. The summed E-state index contributed by atoms with van der Waals surface area (Å²) < 4.78 is 65.0. The molecule has 0 bridgehead atoms. The number of nitrogens with zero attached hydrogens (tertiary/aromatic N) is 9. The van der Waals surface area contributed by atoms with Crippen molar-refractivity contribution in [3.63, 3.8) is 0 Å². The third kappa shape index (κ3) is 26.3. The lowest BCUT2D eigenvalue weighted by Crippen LogP contribution is -2.52. The zero-order valence-corrected chi connectivity index (χ0v) is 51.7. The standard InChI is InChI=1S/C55H95N13O24/c56-55(6-3-39(72)2-1-11-81-14-17-86-24-25-92-62-46-28-68(65-61-46)42-36-91-45(31-71)54(80)51(42)77,7-4-47(73)57-9-12-82-15-18-84-20-22-87-32-37-26-66(63-59-37)40-34-89-43(29-69)52(78)49(40)75)8-5-48(74)58-10-13-83-16-19-85-21-23-88-33-38-27-67(64-60-38)41-35-90-44(30-70)53(79)50(41)76/h26-28,40-45,49-54,62,69-71,75-80H,1-25,29-36,56H2,(H,57,73)(H,58,74)/t40-,41-,42-,43+,44+,45+,49+,50+,51+,52-,53-,54-/m0/s1. The van der Waals surface area contributed by atoms with Crippen LogP contribution in [-0.2, 0) is 84.5 Å². The number of ketones is 1. The number of ether oxygens (including phenoxy) is 11. The summed E-state index contributed by atoms with van der Waals surface area (Å²) in [5.74, 6) is -0.324. The average Bonchev–Trinajstić information content (AvgIpc) is 1.54. The zero-order chi connectivity index (χ0) is 65.9. The van der Waals surface area contributed by atoms with Crippen molar-refractivity contribution in [2.45, 2.75) is 143 Å². The third-order valence-corrected chi connectivity index (χ3v) is 15.4. The Morgan fingerprint density at radius 1 is 0.478 bits per heavy atom. The highest BCUT2D eigenvalue weighted by Crippen LogP contribution is 2.28. The van der Waals surface area contributed by atoms with Gasteiger partial charge in [0.05, 0.1) is 164 Å². The van der Waals surface area contributed by atoms with Gasteiger partial charge in [-0.05, 0) is 25.7 Å². The molecule has 37 heteroatoms. The molecule has 0 aromatic carbocycles. The van der Waals surface area contributed by atoms with Gasteiger partial charge < -0.3 is 114 Å². The van der Waals surface area contributed by atoms with E-state index in [2.05, 4.69) is 47.0 Å². The smallest absolute Gasteiger partial charge is 0.220 e. The van der Waals surface area contributed by atoms with Crippen molar-refractivity contribution in [1.82, 2.24) is 55.6 Å². The molecule has 3 saturated heterocycles. The number of carbonyl (C=O) groups is 3. The molecule has 0 radical (unpaired) electrons. The molecule has 3 aliphatic heterocycles. The fourth-order valence-corrected chi connectivity index (χ4v) is 9.82. The monoisotopic (exact) mass is 1320 g/mol. The minimum Gasteiger partial charge on any atom is -0.394 e. The van der Waals surface area contributed by atoms with Gasteiger partial charge in [-0.25, -0.2) is 19.5 Å². The lowest BCUT2D eigenvalue weighted by Gasteiger charge is -2.36. The van der Waals surface area contributed by atoms with Gasteiger partial charge in [-0.2, -0.15) is 0 Å². The topological polar surface area (TPSA) is 498 Å². The van der Waals surface area contributed by atoms with E-state index in [1.54, 1.807) is 12.4 Å². The minimum atomic E-state index is -1.29. The normalized spacial score (nSPS) is 24.5. The largest absolute Gasteiger partial charge is 0.394 e. The number of hydrogen-bond acceptors (Lipinski definition) is 32. The van der Waals surface area contributed by atoms with Crippen LogP contribution in [0, 0.1) is 0 Å². The molecule has 3 aromatic rings.